The first-order valence-electron chi connectivity index (χ1n) is 8.69. The summed E-state index contributed by atoms with van der Waals surface area (Å²) in [6, 6.07) is 0.955. The highest BCUT2D eigenvalue weighted by Gasteiger charge is 2.28. The summed E-state index contributed by atoms with van der Waals surface area (Å²) in [4.78, 5) is 18.9. The second-order valence-electron chi connectivity index (χ2n) is 6.71. The van der Waals surface area contributed by atoms with Crippen LogP contribution in [0.3, 0.4) is 0 Å². The molecule has 1 N–H and O–H groups in total. The monoisotopic (exact) mass is 305 g/mol. The van der Waals surface area contributed by atoms with E-state index in [0.29, 0.717) is 11.5 Å². The molecular formula is C17H27N3O2. The minimum Gasteiger partial charge on any atom is -0.448 e. The van der Waals surface area contributed by atoms with Crippen LogP contribution >= 0.6 is 0 Å². The van der Waals surface area contributed by atoms with Gasteiger partial charge in [-0.05, 0) is 39.2 Å². The summed E-state index contributed by atoms with van der Waals surface area (Å²) >= 11 is 0. The number of hydrogen-bond donors (Lipinski definition) is 1. The molecule has 2 fully saturated rings. The van der Waals surface area contributed by atoms with Crippen LogP contribution in [-0.4, -0.2) is 41.0 Å². The molecule has 1 saturated heterocycles. The van der Waals surface area contributed by atoms with Crippen molar-refractivity contribution < 1.29 is 9.21 Å². The third-order valence-electron chi connectivity index (χ3n) is 5.09. The Balaban J connectivity index is 1.56. The van der Waals surface area contributed by atoms with Crippen molar-refractivity contribution in [3.05, 3.63) is 17.8 Å². The van der Waals surface area contributed by atoms with Crippen LogP contribution in [0.25, 0.3) is 0 Å². The molecule has 5 nitrogen and oxygen atoms in total. The van der Waals surface area contributed by atoms with Crippen LogP contribution in [0.2, 0.25) is 0 Å². The maximum atomic E-state index is 12.3. The molecule has 22 heavy (non-hydrogen) atoms. The van der Waals surface area contributed by atoms with E-state index in [2.05, 4.69) is 15.2 Å². The summed E-state index contributed by atoms with van der Waals surface area (Å²) in [7, 11) is 0. The predicted octanol–water partition coefficient (Wildman–Crippen LogP) is 2.90. The van der Waals surface area contributed by atoms with Crippen molar-refractivity contribution in [1.29, 1.82) is 0 Å². The first kappa shape index (κ1) is 15.5. The molecule has 1 aromatic rings. The third-order valence-corrected chi connectivity index (χ3v) is 5.09. The van der Waals surface area contributed by atoms with Gasteiger partial charge in [0.2, 0.25) is 0 Å². The van der Waals surface area contributed by atoms with Gasteiger partial charge in [0, 0.05) is 18.6 Å². The van der Waals surface area contributed by atoms with E-state index in [1.807, 2.05) is 0 Å². The highest BCUT2D eigenvalue weighted by molar-refractivity contribution is 5.93. The normalized spacial score (nSPS) is 24.9. The third kappa shape index (κ3) is 3.69. The van der Waals surface area contributed by atoms with Crippen LogP contribution in [0.1, 0.15) is 67.6 Å². The van der Waals surface area contributed by atoms with Gasteiger partial charge in [-0.2, -0.15) is 0 Å². The zero-order valence-electron chi connectivity index (χ0n) is 13.5. The van der Waals surface area contributed by atoms with Crippen molar-refractivity contribution >= 4 is 5.91 Å². The largest absolute Gasteiger partial charge is 0.448 e. The topological polar surface area (TPSA) is 58.4 Å². The predicted molar refractivity (Wildman–Crippen MR) is 84.8 cm³/mol. The number of aromatic nitrogens is 1. The molecule has 1 aliphatic carbocycles. The number of oxazole rings is 1. The first-order chi connectivity index (χ1) is 10.7. The van der Waals surface area contributed by atoms with Gasteiger partial charge in [0.05, 0.1) is 0 Å². The van der Waals surface area contributed by atoms with Gasteiger partial charge >= 0.3 is 0 Å². The lowest BCUT2D eigenvalue weighted by atomic mass is 10.00. The van der Waals surface area contributed by atoms with Crippen LogP contribution in [0.5, 0.6) is 0 Å². The van der Waals surface area contributed by atoms with Crippen LogP contribution < -0.4 is 5.32 Å². The summed E-state index contributed by atoms with van der Waals surface area (Å²) in [6.45, 7) is 3.94. The average Bonchev–Trinajstić information content (AvgIpc) is 2.78. The molecule has 0 unspecified atom stereocenters. The van der Waals surface area contributed by atoms with Crippen molar-refractivity contribution in [2.75, 3.05) is 13.1 Å². The van der Waals surface area contributed by atoms with Crippen LogP contribution in [0.15, 0.2) is 10.8 Å². The highest BCUT2D eigenvalue weighted by Crippen LogP contribution is 2.24. The van der Waals surface area contributed by atoms with E-state index >= 15 is 0 Å². The SMILES string of the molecule is Cc1ocnc1C(=O)N[C@H]1CCCN(C2CCCCCC2)C1. The Morgan fingerprint density at radius 1 is 1.23 bits per heavy atom. The lowest BCUT2D eigenvalue weighted by molar-refractivity contribution is 0.0855. The fourth-order valence-electron chi connectivity index (χ4n) is 3.86. The van der Waals surface area contributed by atoms with Gasteiger partial charge < -0.3 is 9.73 Å². The van der Waals surface area contributed by atoms with Crippen LogP contribution in [0, 0.1) is 6.92 Å². The fourth-order valence-corrected chi connectivity index (χ4v) is 3.86. The Morgan fingerprint density at radius 2 is 2.00 bits per heavy atom. The van der Waals surface area contributed by atoms with Gasteiger partial charge in [0.25, 0.3) is 5.91 Å². The number of amides is 1. The molecular weight excluding hydrogens is 278 g/mol. The number of nitrogens with one attached hydrogen (secondary N) is 1. The Morgan fingerprint density at radius 3 is 2.68 bits per heavy atom. The van der Waals surface area contributed by atoms with E-state index in [4.69, 9.17) is 4.42 Å². The van der Waals surface area contributed by atoms with E-state index in [1.54, 1.807) is 6.92 Å². The number of carbonyl (C=O) groups is 1. The van der Waals surface area contributed by atoms with Gasteiger partial charge in [-0.3, -0.25) is 9.69 Å². The summed E-state index contributed by atoms with van der Waals surface area (Å²) in [5.41, 5.74) is 0.423. The minimum atomic E-state index is -0.0982. The average molecular weight is 305 g/mol. The molecule has 0 aromatic carbocycles. The molecule has 0 radical (unpaired) electrons. The number of nitrogens with zero attached hydrogens (tertiary/aromatic N) is 2. The standard InChI is InChI=1S/C17H27N3O2/c1-13-16(18-12-22-13)17(21)19-14-7-6-10-20(11-14)15-8-4-2-3-5-9-15/h12,14-15H,2-11H2,1H3,(H,19,21)/t14-/m0/s1. The maximum absolute atomic E-state index is 12.3. The van der Waals surface area contributed by atoms with Crippen molar-refractivity contribution in [2.24, 2.45) is 0 Å². The lowest BCUT2D eigenvalue weighted by Crippen LogP contribution is -2.51. The smallest absolute Gasteiger partial charge is 0.273 e. The molecule has 5 heteroatoms. The van der Waals surface area contributed by atoms with E-state index in [-0.39, 0.29) is 11.9 Å². The number of hydrogen-bond acceptors (Lipinski definition) is 4. The number of piperidine rings is 1. The number of aryl methyl sites for hydroxylation is 1. The van der Waals surface area contributed by atoms with E-state index in [0.717, 1.165) is 19.0 Å². The number of rotatable bonds is 3. The van der Waals surface area contributed by atoms with E-state index < -0.39 is 0 Å². The quantitative estimate of drug-likeness (QED) is 0.872. The molecule has 2 heterocycles. The van der Waals surface area contributed by atoms with Crippen molar-refractivity contribution in [2.45, 2.75) is 70.4 Å². The molecule has 1 saturated carbocycles. The Hall–Kier alpha value is -1.36. The van der Waals surface area contributed by atoms with Crippen LogP contribution in [0.4, 0.5) is 0 Å². The number of carbonyl (C=O) groups excluding carboxylic acids is 1. The highest BCUT2D eigenvalue weighted by atomic mass is 16.3. The van der Waals surface area contributed by atoms with Gasteiger partial charge in [-0.15, -0.1) is 0 Å². The van der Waals surface area contributed by atoms with E-state index in [9.17, 15) is 4.79 Å². The summed E-state index contributed by atoms with van der Waals surface area (Å²) in [5, 5.41) is 3.14. The van der Waals surface area contributed by atoms with Crippen molar-refractivity contribution in [3.63, 3.8) is 0 Å². The van der Waals surface area contributed by atoms with Gasteiger partial charge in [-0.1, -0.05) is 25.7 Å². The second kappa shape index (κ2) is 7.27. The fraction of sp³-hybridized carbons (Fsp3) is 0.765. The van der Waals surface area contributed by atoms with Gasteiger partial charge in [-0.25, -0.2) is 4.98 Å². The Labute approximate surface area is 132 Å². The van der Waals surface area contributed by atoms with Crippen molar-refractivity contribution in [1.82, 2.24) is 15.2 Å². The first-order valence-corrected chi connectivity index (χ1v) is 8.69. The molecule has 2 aliphatic rings. The molecule has 1 aliphatic heterocycles. The Bertz CT molecular complexity index is 492. The lowest BCUT2D eigenvalue weighted by Gasteiger charge is -2.38. The summed E-state index contributed by atoms with van der Waals surface area (Å²) in [6.07, 6.45) is 11.7. The molecule has 1 amide bonds. The van der Waals surface area contributed by atoms with Crippen LogP contribution in [-0.2, 0) is 0 Å². The Kier molecular flexibility index (Phi) is 5.13. The molecule has 1 atom stereocenters. The molecule has 122 valence electrons. The van der Waals surface area contributed by atoms with Crippen molar-refractivity contribution in [3.8, 4) is 0 Å². The zero-order chi connectivity index (χ0) is 15.4. The van der Waals surface area contributed by atoms with E-state index in [1.165, 1.54) is 57.9 Å². The molecule has 1 aromatic heterocycles. The number of likely N-dealkylation sites (tertiary alicyclic amines) is 1. The van der Waals surface area contributed by atoms with Gasteiger partial charge in [0.15, 0.2) is 12.1 Å². The molecule has 0 spiro atoms. The summed E-state index contributed by atoms with van der Waals surface area (Å²) < 4.78 is 5.12. The second-order valence-corrected chi connectivity index (χ2v) is 6.71. The molecule has 0 bridgehead atoms. The molecule has 3 rings (SSSR count). The van der Waals surface area contributed by atoms with Gasteiger partial charge in [0.1, 0.15) is 5.76 Å². The maximum Gasteiger partial charge on any atom is 0.273 e. The summed E-state index contributed by atoms with van der Waals surface area (Å²) in [5.74, 6) is 0.493. The zero-order valence-corrected chi connectivity index (χ0v) is 13.5. The minimum absolute atomic E-state index is 0.0982.